The van der Waals surface area contributed by atoms with Crippen LogP contribution in [0.25, 0.3) is 22.2 Å². The fraction of sp³-hybridized carbons (Fsp3) is 0.132. The van der Waals surface area contributed by atoms with Crippen molar-refractivity contribution in [1.29, 1.82) is 0 Å². The molecule has 2 heterocycles. The molecule has 252 valence electrons. The summed E-state index contributed by atoms with van der Waals surface area (Å²) in [5, 5.41) is 48.6. The number of aliphatic hydroxyl groups is 2. The van der Waals surface area contributed by atoms with E-state index in [1.54, 1.807) is 91.0 Å². The summed E-state index contributed by atoms with van der Waals surface area (Å²) < 4.78 is 0. The molecule has 6 aromatic rings. The zero-order valence-corrected chi connectivity index (χ0v) is 26.6. The minimum atomic E-state index is -2.25. The van der Waals surface area contributed by atoms with Gasteiger partial charge in [-0.05, 0) is 47.0 Å². The van der Waals surface area contributed by atoms with E-state index in [2.05, 4.69) is 25.6 Å². The molecule has 12 heteroatoms. The van der Waals surface area contributed by atoms with E-state index in [-0.39, 0.29) is 46.9 Å². The molecule has 0 spiro atoms. The number of hydrogen-bond donors (Lipinski definition) is 7. The highest BCUT2D eigenvalue weighted by molar-refractivity contribution is 5.94. The molecule has 12 nitrogen and oxygen atoms in total. The minimum Gasteiger partial charge on any atom is -0.506 e. The van der Waals surface area contributed by atoms with Gasteiger partial charge in [-0.1, -0.05) is 66.7 Å². The first-order chi connectivity index (χ1) is 24.1. The molecule has 0 aliphatic carbocycles. The number of carbonyl (C=O) groups is 2. The lowest BCUT2D eigenvalue weighted by Gasteiger charge is -2.25. The Balaban J connectivity index is 1.02. The summed E-state index contributed by atoms with van der Waals surface area (Å²) in [6.45, 7) is 0.767. The average Bonchev–Trinajstić information content (AvgIpc) is 3.14. The number of aromatic nitrogens is 3. The lowest BCUT2D eigenvalue weighted by Crippen LogP contribution is -2.36. The molecule has 0 bridgehead atoms. The highest BCUT2D eigenvalue weighted by Crippen LogP contribution is 2.32. The van der Waals surface area contributed by atoms with E-state index in [4.69, 9.17) is 0 Å². The van der Waals surface area contributed by atoms with Crippen LogP contribution in [0.3, 0.4) is 0 Å². The van der Waals surface area contributed by atoms with Crippen LogP contribution in [0.4, 0.5) is 0 Å². The molecule has 0 aliphatic heterocycles. The molecular weight excluding hydrogens is 638 g/mol. The zero-order chi connectivity index (χ0) is 35.3. The van der Waals surface area contributed by atoms with Gasteiger partial charge >= 0.3 is 5.97 Å². The largest absolute Gasteiger partial charge is 0.506 e. The number of aromatic hydroxyl groups is 1. The Bertz CT molecular complexity index is 2210. The number of H-pyrrole nitrogens is 1. The molecule has 0 unspecified atom stereocenters. The number of rotatable bonds is 12. The highest BCUT2D eigenvalue weighted by atomic mass is 16.4. The van der Waals surface area contributed by atoms with Gasteiger partial charge in [0, 0.05) is 41.2 Å². The molecule has 2 atom stereocenters. The number of amides is 1. The van der Waals surface area contributed by atoms with Crippen LogP contribution in [0.5, 0.6) is 5.75 Å². The number of aliphatic hydroxyl groups excluding tert-OH is 1. The van der Waals surface area contributed by atoms with E-state index in [9.17, 15) is 34.8 Å². The van der Waals surface area contributed by atoms with Gasteiger partial charge in [-0.2, -0.15) is 0 Å². The first-order valence-corrected chi connectivity index (χ1v) is 15.7. The number of nitrogens with one attached hydrogen (secondary N) is 3. The summed E-state index contributed by atoms with van der Waals surface area (Å²) in [5.74, 6) is -1.78. The van der Waals surface area contributed by atoms with Crippen molar-refractivity contribution in [3.63, 3.8) is 0 Å². The summed E-state index contributed by atoms with van der Waals surface area (Å²) in [6, 6.07) is 27.6. The monoisotopic (exact) mass is 671 g/mol. The van der Waals surface area contributed by atoms with E-state index < -0.39 is 17.7 Å². The van der Waals surface area contributed by atoms with Crippen LogP contribution < -0.4 is 16.2 Å². The molecule has 0 fully saturated rings. The number of carboxylic acids is 1. The summed E-state index contributed by atoms with van der Waals surface area (Å²) in [6.07, 6.45) is 2.15. The van der Waals surface area contributed by atoms with E-state index in [0.29, 0.717) is 40.0 Å². The maximum absolute atomic E-state index is 12.8. The average molecular weight is 672 g/mol. The third-order valence-corrected chi connectivity index (χ3v) is 8.36. The topological polar surface area (TPSA) is 198 Å². The second kappa shape index (κ2) is 14.5. The zero-order valence-electron chi connectivity index (χ0n) is 26.6. The quantitative estimate of drug-likeness (QED) is 0.101. The Kier molecular flexibility index (Phi) is 9.77. The van der Waals surface area contributed by atoms with Crippen molar-refractivity contribution in [3.05, 3.63) is 159 Å². The third-order valence-electron chi connectivity index (χ3n) is 8.36. The Hall–Kier alpha value is -6.21. The molecule has 50 heavy (non-hydrogen) atoms. The van der Waals surface area contributed by atoms with Crippen molar-refractivity contribution >= 4 is 22.8 Å². The van der Waals surface area contributed by atoms with Gasteiger partial charge in [0.15, 0.2) is 0 Å². The third kappa shape index (κ3) is 7.12. The Morgan fingerprint density at radius 2 is 1.60 bits per heavy atom. The van der Waals surface area contributed by atoms with E-state index in [1.165, 1.54) is 24.5 Å². The van der Waals surface area contributed by atoms with Crippen LogP contribution in [0.1, 0.15) is 44.4 Å². The number of benzene rings is 4. The number of nitrogens with zero attached hydrogens (tertiary/aromatic N) is 2. The molecule has 4 aromatic carbocycles. The van der Waals surface area contributed by atoms with E-state index in [0.717, 1.165) is 5.56 Å². The Morgan fingerprint density at radius 3 is 2.32 bits per heavy atom. The molecule has 0 saturated heterocycles. The van der Waals surface area contributed by atoms with Crippen LogP contribution in [-0.4, -0.2) is 53.8 Å². The first kappa shape index (κ1) is 33.7. The molecule has 0 aliphatic rings. The smallest absolute Gasteiger partial charge is 0.345 e. The lowest BCUT2D eigenvalue weighted by atomic mass is 9.85. The van der Waals surface area contributed by atoms with Crippen LogP contribution >= 0.6 is 0 Å². The van der Waals surface area contributed by atoms with Gasteiger partial charge in [0.1, 0.15) is 5.75 Å². The number of aliphatic carboxylic acids is 1. The second-order valence-corrected chi connectivity index (χ2v) is 11.7. The van der Waals surface area contributed by atoms with Gasteiger partial charge in [-0.3, -0.25) is 19.6 Å². The Morgan fingerprint density at radius 1 is 0.840 bits per heavy atom. The number of fused-ring (bicyclic) bond motifs is 1. The van der Waals surface area contributed by atoms with Crippen molar-refractivity contribution in [2.45, 2.75) is 24.8 Å². The van der Waals surface area contributed by atoms with Crippen molar-refractivity contribution in [2.24, 2.45) is 0 Å². The maximum atomic E-state index is 12.8. The molecule has 7 N–H and O–H groups in total. The molecule has 2 aromatic heterocycles. The van der Waals surface area contributed by atoms with Crippen molar-refractivity contribution in [3.8, 4) is 17.0 Å². The summed E-state index contributed by atoms with van der Waals surface area (Å²) >= 11 is 0. The number of hydrogen-bond acceptors (Lipinski definition) is 9. The first-order valence-electron chi connectivity index (χ1n) is 15.7. The van der Waals surface area contributed by atoms with Crippen LogP contribution in [0.2, 0.25) is 0 Å². The highest BCUT2D eigenvalue weighted by Gasteiger charge is 2.40. The predicted molar refractivity (Wildman–Crippen MR) is 185 cm³/mol. The van der Waals surface area contributed by atoms with Gasteiger partial charge in [-0.15, -0.1) is 0 Å². The number of carbonyl (C=O) groups excluding carboxylic acids is 1. The summed E-state index contributed by atoms with van der Waals surface area (Å²) in [4.78, 5) is 48.1. The molecule has 1 amide bonds. The van der Waals surface area contributed by atoms with E-state index >= 15 is 0 Å². The predicted octanol–water partition coefficient (Wildman–Crippen LogP) is 3.76. The number of phenolic OH excluding ortho intramolecular Hbond substituents is 1. The fourth-order valence-electron chi connectivity index (χ4n) is 5.65. The second-order valence-electron chi connectivity index (χ2n) is 11.7. The standard InChI is InChI=1S/C38H33N5O7/c44-32-15-13-29(30-14-16-34(46)43-35(30)32)33(45)22-39-18-23-9-11-24(12-10-23)36(47)42-20-28-19-41-31(21-40-28)25-5-4-8-27(17-25)38(50,37(48)49)26-6-2-1-3-7-26/h1-17,19,21,33,39,44-45,50H,18,20,22H2,(H,42,47)(H,43,46)(H,48,49)/t33-,38-/m0/s1. The van der Waals surface area contributed by atoms with Gasteiger partial charge < -0.3 is 36.0 Å². The fourth-order valence-corrected chi connectivity index (χ4v) is 5.65. The van der Waals surface area contributed by atoms with Gasteiger partial charge in [0.05, 0.1) is 41.9 Å². The molecular formula is C38H33N5O7. The van der Waals surface area contributed by atoms with Crippen molar-refractivity contribution in [1.82, 2.24) is 25.6 Å². The van der Waals surface area contributed by atoms with Crippen LogP contribution in [0.15, 0.2) is 120 Å². The summed E-state index contributed by atoms with van der Waals surface area (Å²) in [5.41, 5.74) is 1.52. The van der Waals surface area contributed by atoms with Gasteiger partial charge in [-0.25, -0.2) is 4.79 Å². The van der Waals surface area contributed by atoms with Crippen LogP contribution in [0, 0.1) is 0 Å². The maximum Gasteiger partial charge on any atom is 0.345 e. The van der Waals surface area contributed by atoms with Crippen LogP contribution in [-0.2, 0) is 23.5 Å². The normalized spacial score (nSPS) is 13.0. The lowest BCUT2D eigenvalue weighted by molar-refractivity contribution is -0.155. The summed E-state index contributed by atoms with van der Waals surface area (Å²) in [7, 11) is 0. The number of aromatic amines is 1. The van der Waals surface area contributed by atoms with Gasteiger partial charge in [0.25, 0.3) is 5.91 Å². The molecule has 0 saturated carbocycles. The van der Waals surface area contributed by atoms with Gasteiger partial charge in [0.2, 0.25) is 11.2 Å². The van der Waals surface area contributed by atoms with Crippen molar-refractivity contribution < 1.29 is 30.0 Å². The molecule has 0 radical (unpaired) electrons. The number of phenols is 1. The molecule has 6 rings (SSSR count). The number of pyridine rings is 1. The van der Waals surface area contributed by atoms with Crippen molar-refractivity contribution in [2.75, 3.05) is 6.54 Å². The minimum absolute atomic E-state index is 0.0753. The Labute approximate surface area is 285 Å². The number of carboxylic acid groups (broad SMARTS) is 1. The van der Waals surface area contributed by atoms with E-state index in [1.807, 2.05) is 0 Å². The SMILES string of the molecule is O=C(NCc1cnc(-c2cccc([C@](O)(C(=O)O)c3ccccc3)c2)cn1)c1ccc(CNC[C@H](O)c2ccc(O)c3[nH]c(=O)ccc23)cc1.